The number of nitro benzene ring substituents is 1. The van der Waals surface area contributed by atoms with Crippen molar-refractivity contribution in [1.29, 1.82) is 0 Å². The molecule has 2 aromatic carbocycles. The molecule has 0 saturated heterocycles. The summed E-state index contributed by atoms with van der Waals surface area (Å²) in [5.74, 6) is 0.793. The molecule has 0 atom stereocenters. The highest BCUT2D eigenvalue weighted by Crippen LogP contribution is 2.18. The smallest absolute Gasteiger partial charge is 0.269 e. The van der Waals surface area contributed by atoms with Crippen molar-refractivity contribution in [1.82, 2.24) is 0 Å². The lowest BCUT2D eigenvalue weighted by Gasteiger charge is -2.03. The molecule has 1 radical (unpaired) electrons. The first-order valence-electron chi connectivity index (χ1n) is 5.47. The quantitative estimate of drug-likeness (QED) is 0.611. The Bertz CT molecular complexity index is 549. The fourth-order valence-electron chi connectivity index (χ4n) is 1.68. The topological polar surface area (TPSA) is 52.4 Å². The number of methoxy groups -OCH3 is 1. The van der Waals surface area contributed by atoms with Crippen LogP contribution >= 0.6 is 0 Å². The lowest BCUT2D eigenvalue weighted by molar-refractivity contribution is -0.384. The van der Waals surface area contributed by atoms with Crippen LogP contribution in [-0.2, 0) is 6.42 Å². The molecule has 0 fully saturated rings. The summed E-state index contributed by atoms with van der Waals surface area (Å²) in [6.07, 6.45) is 0.617. The first kappa shape index (κ1) is 12.1. The maximum atomic E-state index is 10.7. The first-order valence-corrected chi connectivity index (χ1v) is 5.47. The van der Waals surface area contributed by atoms with Gasteiger partial charge < -0.3 is 4.74 Å². The first-order chi connectivity index (χ1) is 8.69. The molecule has 0 saturated carbocycles. The summed E-state index contributed by atoms with van der Waals surface area (Å²) in [5.41, 5.74) is 1.96. The molecule has 4 nitrogen and oxygen atoms in total. The van der Waals surface area contributed by atoms with Crippen LogP contribution in [0.15, 0.2) is 42.5 Å². The van der Waals surface area contributed by atoms with Gasteiger partial charge in [-0.05, 0) is 41.8 Å². The number of benzene rings is 2. The molecule has 0 aliphatic rings. The van der Waals surface area contributed by atoms with Crippen molar-refractivity contribution in [2.24, 2.45) is 0 Å². The van der Waals surface area contributed by atoms with Crippen LogP contribution in [0.3, 0.4) is 0 Å². The van der Waals surface area contributed by atoms with Gasteiger partial charge in [0.25, 0.3) is 5.69 Å². The van der Waals surface area contributed by atoms with Gasteiger partial charge in [0.2, 0.25) is 0 Å². The van der Waals surface area contributed by atoms with Crippen molar-refractivity contribution in [3.05, 3.63) is 69.8 Å². The van der Waals surface area contributed by atoms with Crippen molar-refractivity contribution in [2.75, 3.05) is 7.11 Å². The molecular formula is C14H12NO3. The minimum absolute atomic E-state index is 0.0947. The van der Waals surface area contributed by atoms with Gasteiger partial charge in [-0.15, -0.1) is 0 Å². The van der Waals surface area contributed by atoms with Gasteiger partial charge in [0, 0.05) is 12.1 Å². The Hall–Kier alpha value is -2.36. The molecule has 4 heteroatoms. The highest BCUT2D eigenvalue weighted by atomic mass is 16.6. The van der Waals surface area contributed by atoms with Gasteiger partial charge in [0.15, 0.2) is 0 Å². The minimum Gasteiger partial charge on any atom is -0.497 e. The van der Waals surface area contributed by atoms with Gasteiger partial charge in [-0.1, -0.05) is 12.1 Å². The zero-order valence-electron chi connectivity index (χ0n) is 9.92. The van der Waals surface area contributed by atoms with Gasteiger partial charge in [-0.25, -0.2) is 0 Å². The third kappa shape index (κ3) is 2.85. The molecule has 2 aromatic rings. The summed E-state index contributed by atoms with van der Waals surface area (Å²) in [4.78, 5) is 10.3. The van der Waals surface area contributed by atoms with Gasteiger partial charge >= 0.3 is 0 Å². The van der Waals surface area contributed by atoms with Gasteiger partial charge in [0.1, 0.15) is 5.75 Å². The summed E-state index contributed by atoms with van der Waals surface area (Å²) in [5, 5.41) is 10.7. The third-order valence-electron chi connectivity index (χ3n) is 2.61. The van der Waals surface area contributed by atoms with Crippen molar-refractivity contribution in [2.45, 2.75) is 6.42 Å². The molecule has 2 rings (SSSR count). The Labute approximate surface area is 105 Å². The molecule has 0 spiro atoms. The average Bonchev–Trinajstić information content (AvgIpc) is 2.40. The van der Waals surface area contributed by atoms with Crippen molar-refractivity contribution in [3.63, 3.8) is 0 Å². The van der Waals surface area contributed by atoms with Gasteiger partial charge in [0.05, 0.1) is 12.0 Å². The number of nitro groups is 1. The van der Waals surface area contributed by atoms with E-state index in [1.54, 1.807) is 19.2 Å². The molecule has 0 bridgehead atoms. The number of non-ortho nitro benzene ring substituents is 1. The molecular weight excluding hydrogens is 230 g/mol. The van der Waals surface area contributed by atoms with E-state index in [4.69, 9.17) is 4.74 Å². The second kappa shape index (κ2) is 5.31. The second-order valence-corrected chi connectivity index (χ2v) is 3.85. The molecule has 0 aromatic heterocycles. The van der Waals surface area contributed by atoms with Crippen LogP contribution < -0.4 is 4.74 Å². The highest BCUT2D eigenvalue weighted by Gasteiger charge is 2.06. The molecule has 0 unspecified atom stereocenters. The van der Waals surface area contributed by atoms with Crippen LogP contribution in [0.5, 0.6) is 5.75 Å². The SMILES string of the molecule is COc1ccc(Cc2[c]ccc([N+](=O)[O-])c2)cc1. The Balaban J connectivity index is 2.17. The Kier molecular flexibility index (Phi) is 3.57. The van der Waals surface area contributed by atoms with Gasteiger partial charge in [-0.2, -0.15) is 0 Å². The number of hydrogen-bond donors (Lipinski definition) is 0. The molecule has 0 heterocycles. The molecule has 18 heavy (non-hydrogen) atoms. The third-order valence-corrected chi connectivity index (χ3v) is 2.61. The van der Waals surface area contributed by atoms with E-state index in [1.807, 2.05) is 24.3 Å². The molecule has 0 aliphatic heterocycles. The zero-order chi connectivity index (χ0) is 13.0. The number of rotatable bonds is 4. The predicted molar refractivity (Wildman–Crippen MR) is 67.7 cm³/mol. The summed E-state index contributed by atoms with van der Waals surface area (Å²) in [6.45, 7) is 0. The highest BCUT2D eigenvalue weighted by molar-refractivity contribution is 5.37. The van der Waals surface area contributed by atoms with E-state index in [9.17, 15) is 10.1 Å². The normalized spacial score (nSPS) is 10.1. The average molecular weight is 242 g/mol. The summed E-state index contributed by atoms with van der Waals surface area (Å²) < 4.78 is 5.07. The van der Waals surface area contributed by atoms with E-state index < -0.39 is 4.92 Å². The van der Waals surface area contributed by atoms with E-state index in [-0.39, 0.29) is 5.69 Å². The lowest BCUT2D eigenvalue weighted by Crippen LogP contribution is -1.92. The monoisotopic (exact) mass is 242 g/mol. The van der Waals surface area contributed by atoms with Crippen LogP contribution in [-0.4, -0.2) is 12.0 Å². The molecule has 0 N–H and O–H groups in total. The summed E-state index contributed by atoms with van der Waals surface area (Å²) >= 11 is 0. The maximum Gasteiger partial charge on any atom is 0.269 e. The Morgan fingerprint density at radius 1 is 1.28 bits per heavy atom. The van der Waals surface area contributed by atoms with Crippen molar-refractivity contribution in [3.8, 4) is 5.75 Å². The van der Waals surface area contributed by atoms with Gasteiger partial charge in [-0.3, -0.25) is 10.1 Å². The standard InChI is InChI=1S/C14H12NO3/c1-18-14-7-5-11(6-8-14)9-12-3-2-4-13(10-12)15(16)17/h2,4-8,10H,9H2,1H3. The second-order valence-electron chi connectivity index (χ2n) is 3.85. The van der Waals surface area contributed by atoms with Crippen LogP contribution in [0.2, 0.25) is 0 Å². The molecule has 0 aliphatic carbocycles. The predicted octanol–water partition coefficient (Wildman–Crippen LogP) is 2.99. The maximum absolute atomic E-state index is 10.7. The number of nitrogens with zero attached hydrogens (tertiary/aromatic N) is 1. The fourth-order valence-corrected chi connectivity index (χ4v) is 1.68. The van der Waals surface area contributed by atoms with Crippen LogP contribution in [0.4, 0.5) is 5.69 Å². The summed E-state index contributed by atoms with van der Waals surface area (Å²) in [6, 6.07) is 15.2. The van der Waals surface area contributed by atoms with Crippen molar-refractivity contribution < 1.29 is 9.66 Å². The van der Waals surface area contributed by atoms with Crippen LogP contribution in [0, 0.1) is 16.2 Å². The number of ether oxygens (including phenoxy) is 1. The Morgan fingerprint density at radius 3 is 2.61 bits per heavy atom. The molecule has 0 amide bonds. The fraction of sp³-hybridized carbons (Fsp3) is 0.143. The van der Waals surface area contributed by atoms with E-state index >= 15 is 0 Å². The van der Waals surface area contributed by atoms with Crippen molar-refractivity contribution >= 4 is 5.69 Å². The minimum atomic E-state index is -0.397. The van der Waals surface area contributed by atoms with E-state index in [1.165, 1.54) is 6.07 Å². The van der Waals surface area contributed by atoms with E-state index in [2.05, 4.69) is 6.07 Å². The van der Waals surface area contributed by atoms with E-state index in [0.29, 0.717) is 6.42 Å². The largest absolute Gasteiger partial charge is 0.497 e. The van der Waals surface area contributed by atoms with Crippen LogP contribution in [0.25, 0.3) is 0 Å². The Morgan fingerprint density at radius 2 is 2.00 bits per heavy atom. The zero-order valence-corrected chi connectivity index (χ0v) is 9.92. The lowest BCUT2D eigenvalue weighted by atomic mass is 10.0. The molecule has 91 valence electrons. The summed E-state index contributed by atoms with van der Waals surface area (Å²) in [7, 11) is 1.61. The number of hydrogen-bond acceptors (Lipinski definition) is 3. The van der Waals surface area contributed by atoms with Crippen LogP contribution in [0.1, 0.15) is 11.1 Å². The van der Waals surface area contributed by atoms with E-state index in [0.717, 1.165) is 16.9 Å².